The molecule has 2 N–H and O–H groups in total. The largest absolute Gasteiger partial charge is 0.416 e. The molecule has 0 aliphatic carbocycles. The molecule has 0 bridgehead atoms. The van der Waals surface area contributed by atoms with E-state index in [9.17, 15) is 31.9 Å². The van der Waals surface area contributed by atoms with Crippen LogP contribution in [-0.2, 0) is 17.4 Å². The van der Waals surface area contributed by atoms with Crippen LogP contribution in [0.15, 0.2) is 39.9 Å². The minimum absolute atomic E-state index is 0.0333. The van der Waals surface area contributed by atoms with E-state index in [1.165, 1.54) is 16.8 Å². The summed E-state index contributed by atoms with van der Waals surface area (Å²) in [5.41, 5.74) is -1.17. The summed E-state index contributed by atoms with van der Waals surface area (Å²) >= 11 is 0. The zero-order chi connectivity index (χ0) is 23.3. The number of pyridine rings is 1. The number of hydrogen-bond donors (Lipinski definition) is 2. The Morgan fingerprint density at radius 2 is 1.87 bits per heavy atom. The van der Waals surface area contributed by atoms with Crippen molar-refractivity contribution in [3.8, 4) is 0 Å². The Kier molecular flexibility index (Phi) is 7.32. The molecule has 31 heavy (non-hydrogen) atoms. The molecule has 0 amide bonds. The lowest BCUT2D eigenvalue weighted by Crippen LogP contribution is -2.21. The standard InChI is InChI=1S/C14H13F3N2O2.C6H7FN2O/c1-8(2)19-12-7-9(14(15,16)17)3-4-10(12)13(21)11(18-19)5-6-20;1-8-4-2-5(7)9-6(10)3-4/h3-4,6-8H,5H2,1-2H3;2-3H,1H3,(H2,8,9,10). The number of hydrogen-bond acceptors (Lipinski definition) is 5. The summed E-state index contributed by atoms with van der Waals surface area (Å²) in [6, 6.07) is 5.15. The van der Waals surface area contributed by atoms with E-state index in [1.807, 2.05) is 4.98 Å². The number of halogens is 4. The van der Waals surface area contributed by atoms with Crippen molar-refractivity contribution in [1.82, 2.24) is 14.8 Å². The van der Waals surface area contributed by atoms with Gasteiger partial charge in [0.1, 0.15) is 12.0 Å². The van der Waals surface area contributed by atoms with Crippen LogP contribution >= 0.6 is 0 Å². The SMILES string of the molecule is CC(C)n1nc(CC=O)c(=O)c2ccc(C(F)(F)F)cc21.CNc1cc(F)[nH]c(=O)c1. The third kappa shape index (κ3) is 5.77. The summed E-state index contributed by atoms with van der Waals surface area (Å²) < 4.78 is 52.0. The number of nitrogens with zero attached hydrogens (tertiary/aromatic N) is 2. The van der Waals surface area contributed by atoms with E-state index in [0.717, 1.165) is 18.2 Å². The molecular formula is C20H20F4N4O3. The molecule has 0 aliphatic heterocycles. The molecule has 2 heterocycles. The number of rotatable bonds is 4. The molecule has 166 valence electrons. The summed E-state index contributed by atoms with van der Waals surface area (Å²) in [6.07, 6.45) is -4.11. The van der Waals surface area contributed by atoms with Gasteiger partial charge in [0.2, 0.25) is 5.43 Å². The van der Waals surface area contributed by atoms with Crippen LogP contribution in [0, 0.1) is 5.95 Å². The fourth-order valence-electron chi connectivity index (χ4n) is 2.73. The van der Waals surface area contributed by atoms with Gasteiger partial charge in [-0.25, -0.2) is 0 Å². The van der Waals surface area contributed by atoms with Crippen molar-refractivity contribution in [3.63, 3.8) is 0 Å². The predicted octanol–water partition coefficient (Wildman–Crippen LogP) is 3.29. The summed E-state index contributed by atoms with van der Waals surface area (Å²) in [7, 11) is 1.62. The van der Waals surface area contributed by atoms with Gasteiger partial charge >= 0.3 is 6.18 Å². The second-order valence-electron chi connectivity index (χ2n) is 6.75. The molecule has 0 saturated carbocycles. The number of H-pyrrole nitrogens is 1. The van der Waals surface area contributed by atoms with Crippen molar-refractivity contribution >= 4 is 22.9 Å². The number of anilines is 1. The van der Waals surface area contributed by atoms with Crippen molar-refractivity contribution in [2.24, 2.45) is 0 Å². The average molecular weight is 440 g/mol. The zero-order valence-electron chi connectivity index (χ0n) is 16.9. The first-order valence-electron chi connectivity index (χ1n) is 9.11. The molecule has 0 aliphatic rings. The molecule has 0 radical (unpaired) electrons. The van der Waals surface area contributed by atoms with Gasteiger partial charge in [-0.05, 0) is 32.0 Å². The second kappa shape index (κ2) is 9.54. The summed E-state index contributed by atoms with van der Waals surface area (Å²) in [5, 5.41) is 6.80. The lowest BCUT2D eigenvalue weighted by molar-refractivity contribution is -0.137. The maximum Gasteiger partial charge on any atom is 0.416 e. The molecule has 7 nitrogen and oxygen atoms in total. The number of carbonyl (C=O) groups is 1. The number of aromatic nitrogens is 3. The highest BCUT2D eigenvalue weighted by Gasteiger charge is 2.31. The Morgan fingerprint density at radius 3 is 2.39 bits per heavy atom. The highest BCUT2D eigenvalue weighted by molar-refractivity contribution is 5.80. The van der Waals surface area contributed by atoms with E-state index in [0.29, 0.717) is 12.0 Å². The van der Waals surface area contributed by atoms with Gasteiger partial charge in [-0.3, -0.25) is 19.3 Å². The van der Waals surface area contributed by atoms with Crippen LogP contribution in [0.2, 0.25) is 0 Å². The lowest BCUT2D eigenvalue weighted by Gasteiger charge is -2.16. The molecule has 0 unspecified atom stereocenters. The quantitative estimate of drug-likeness (QED) is 0.369. The van der Waals surface area contributed by atoms with E-state index in [2.05, 4.69) is 10.4 Å². The third-order valence-corrected chi connectivity index (χ3v) is 4.17. The normalized spacial score (nSPS) is 11.2. The van der Waals surface area contributed by atoms with Crippen LogP contribution in [0.25, 0.3) is 10.9 Å². The Hall–Kier alpha value is -3.50. The van der Waals surface area contributed by atoms with Gasteiger partial charge in [-0.1, -0.05) is 0 Å². The molecule has 0 atom stereocenters. The summed E-state index contributed by atoms with van der Waals surface area (Å²) in [5.74, 6) is -0.628. The molecule has 11 heteroatoms. The van der Waals surface area contributed by atoms with E-state index in [1.54, 1.807) is 20.9 Å². The Balaban J connectivity index is 0.000000285. The highest BCUT2D eigenvalue weighted by atomic mass is 19.4. The molecule has 0 fully saturated rings. The second-order valence-corrected chi connectivity index (χ2v) is 6.75. The first kappa shape index (κ1) is 23.8. The van der Waals surface area contributed by atoms with Crippen LogP contribution < -0.4 is 16.3 Å². The number of benzene rings is 1. The minimum atomic E-state index is -4.49. The number of alkyl halides is 3. The van der Waals surface area contributed by atoms with E-state index >= 15 is 0 Å². The third-order valence-electron chi connectivity index (χ3n) is 4.17. The molecular weight excluding hydrogens is 420 g/mol. The molecule has 2 aromatic heterocycles. The molecule has 0 saturated heterocycles. The molecule has 3 aromatic rings. The van der Waals surface area contributed by atoms with E-state index in [-0.39, 0.29) is 29.1 Å². The fraction of sp³-hybridized carbons (Fsp3) is 0.300. The van der Waals surface area contributed by atoms with Gasteiger partial charge in [0.15, 0.2) is 5.95 Å². The first-order valence-corrected chi connectivity index (χ1v) is 9.11. The lowest BCUT2D eigenvalue weighted by atomic mass is 10.1. The van der Waals surface area contributed by atoms with Gasteiger partial charge in [-0.15, -0.1) is 0 Å². The van der Waals surface area contributed by atoms with E-state index in [4.69, 9.17) is 0 Å². The van der Waals surface area contributed by atoms with Gasteiger partial charge in [0.25, 0.3) is 5.56 Å². The molecule has 0 spiro atoms. The van der Waals surface area contributed by atoms with Crippen LogP contribution in [0.3, 0.4) is 0 Å². The van der Waals surface area contributed by atoms with Crippen LogP contribution in [0.4, 0.5) is 23.2 Å². The Labute approximate surface area is 173 Å². The fourth-order valence-corrected chi connectivity index (χ4v) is 2.73. The Morgan fingerprint density at radius 1 is 1.19 bits per heavy atom. The number of aldehydes is 1. The number of nitrogens with one attached hydrogen (secondary N) is 2. The van der Waals surface area contributed by atoms with E-state index < -0.39 is 28.7 Å². The predicted molar refractivity (Wildman–Crippen MR) is 108 cm³/mol. The molecule has 3 rings (SSSR count). The minimum Gasteiger partial charge on any atom is -0.388 e. The highest BCUT2D eigenvalue weighted by Crippen LogP contribution is 2.31. The number of carbonyl (C=O) groups excluding carboxylic acids is 1. The smallest absolute Gasteiger partial charge is 0.388 e. The number of aromatic amines is 1. The summed E-state index contributed by atoms with van der Waals surface area (Å²) in [4.78, 5) is 35.2. The summed E-state index contributed by atoms with van der Waals surface area (Å²) in [6.45, 7) is 3.48. The van der Waals surface area contributed by atoms with Crippen LogP contribution in [0.5, 0.6) is 0 Å². The van der Waals surface area contributed by atoms with Crippen molar-refractivity contribution in [1.29, 1.82) is 0 Å². The monoisotopic (exact) mass is 440 g/mol. The van der Waals surface area contributed by atoms with Gasteiger partial charge in [-0.2, -0.15) is 22.7 Å². The number of fused-ring (bicyclic) bond motifs is 1. The average Bonchev–Trinajstić information content (AvgIpc) is 2.68. The maximum absolute atomic E-state index is 12.8. The van der Waals surface area contributed by atoms with Crippen LogP contribution in [-0.4, -0.2) is 28.1 Å². The topological polar surface area (TPSA) is 96.8 Å². The van der Waals surface area contributed by atoms with Crippen LogP contribution in [0.1, 0.15) is 31.1 Å². The van der Waals surface area contributed by atoms with Gasteiger partial charge < -0.3 is 10.1 Å². The molecule has 1 aromatic carbocycles. The first-order chi connectivity index (χ1) is 14.5. The van der Waals surface area contributed by atoms with Gasteiger partial charge in [0.05, 0.1) is 17.5 Å². The van der Waals surface area contributed by atoms with Crippen molar-refractivity contribution < 1.29 is 22.4 Å². The van der Waals surface area contributed by atoms with Crippen molar-refractivity contribution in [2.75, 3.05) is 12.4 Å². The van der Waals surface area contributed by atoms with Crippen molar-refractivity contribution in [2.45, 2.75) is 32.5 Å². The zero-order valence-corrected chi connectivity index (χ0v) is 16.9. The Bertz CT molecular complexity index is 1200. The maximum atomic E-state index is 12.8. The van der Waals surface area contributed by atoms with Crippen molar-refractivity contribution in [3.05, 3.63) is 68.1 Å². The van der Waals surface area contributed by atoms with Gasteiger partial charge in [0, 0.05) is 36.3 Å².